The average Bonchev–Trinajstić information content (AvgIpc) is 3.03. The molecule has 1 aromatic carbocycles. The third kappa shape index (κ3) is 3.94. The predicted octanol–water partition coefficient (Wildman–Crippen LogP) is 3.13. The summed E-state index contributed by atoms with van der Waals surface area (Å²) in [5.74, 6) is 0.724. The molecule has 160 valence electrons. The van der Waals surface area contributed by atoms with E-state index in [4.69, 9.17) is 16.9 Å². The van der Waals surface area contributed by atoms with E-state index in [0.29, 0.717) is 23.6 Å². The van der Waals surface area contributed by atoms with Gasteiger partial charge in [-0.15, -0.1) is 0 Å². The molecule has 0 saturated carbocycles. The van der Waals surface area contributed by atoms with E-state index in [1.54, 1.807) is 29.5 Å². The summed E-state index contributed by atoms with van der Waals surface area (Å²) in [5.41, 5.74) is 1.88. The molecule has 0 bridgehead atoms. The summed E-state index contributed by atoms with van der Waals surface area (Å²) in [6.45, 7) is 2.23. The highest BCUT2D eigenvalue weighted by Gasteiger charge is 2.30. The minimum Gasteiger partial charge on any atom is -0.350 e. The molecule has 1 N–H and O–H groups in total. The fourth-order valence-electron chi connectivity index (χ4n) is 3.79. The largest absolute Gasteiger partial charge is 0.350 e. The highest BCUT2D eigenvalue weighted by Crippen LogP contribution is 2.30. The van der Waals surface area contributed by atoms with Crippen molar-refractivity contribution in [1.29, 1.82) is 5.26 Å². The minimum absolute atomic E-state index is 0.00597. The molecule has 0 amide bonds. The van der Waals surface area contributed by atoms with Crippen LogP contribution in [0.3, 0.4) is 0 Å². The number of rotatable bonds is 4. The van der Waals surface area contributed by atoms with E-state index in [9.17, 15) is 14.5 Å². The van der Waals surface area contributed by atoms with Crippen LogP contribution in [0.2, 0.25) is 5.15 Å². The summed E-state index contributed by atoms with van der Waals surface area (Å²) in [7, 11) is 1.80. The van der Waals surface area contributed by atoms with Crippen molar-refractivity contribution in [2.75, 3.05) is 23.3 Å². The van der Waals surface area contributed by atoms with Crippen LogP contribution in [0.1, 0.15) is 17.5 Å². The summed E-state index contributed by atoms with van der Waals surface area (Å²) in [5, 5.41) is 23.3. The number of hydrogen-bond donors (Lipinski definition) is 1. The Hall–Kier alpha value is -3.52. The molecule has 0 aliphatic carbocycles. The number of alkyl halides is 1. The van der Waals surface area contributed by atoms with Crippen LogP contribution in [0.4, 0.5) is 22.0 Å². The Kier molecular flexibility index (Phi) is 5.32. The smallest absolute Gasteiger partial charge is 0.274 e. The fraction of sp³-hybridized carbons (Fsp3) is 0.368. The first-order valence-corrected chi connectivity index (χ1v) is 9.84. The molecular formula is C19H18ClFN8O2. The van der Waals surface area contributed by atoms with Gasteiger partial charge in [0.25, 0.3) is 5.69 Å². The van der Waals surface area contributed by atoms with Crippen molar-refractivity contribution in [3.63, 3.8) is 0 Å². The molecule has 1 fully saturated rings. The number of nitro groups is 1. The van der Waals surface area contributed by atoms with Crippen LogP contribution in [0.5, 0.6) is 0 Å². The monoisotopic (exact) mass is 444 g/mol. The highest BCUT2D eigenvalue weighted by molar-refractivity contribution is 6.30. The lowest BCUT2D eigenvalue weighted by Gasteiger charge is -2.35. The number of fused-ring (bicyclic) bond motifs is 1. The van der Waals surface area contributed by atoms with Crippen molar-refractivity contribution in [1.82, 2.24) is 19.5 Å². The maximum atomic E-state index is 14.6. The zero-order valence-corrected chi connectivity index (χ0v) is 17.5. The summed E-state index contributed by atoms with van der Waals surface area (Å²) in [6.07, 6.45) is 0.425. The Morgan fingerprint density at radius 3 is 2.84 bits per heavy atom. The van der Waals surface area contributed by atoms with Gasteiger partial charge in [0.15, 0.2) is 5.15 Å². The Labute approximate surface area is 181 Å². The number of nitrogens with zero attached hydrogens (tertiary/aromatic N) is 7. The summed E-state index contributed by atoms with van der Waals surface area (Å²) in [6, 6.07) is 4.71. The summed E-state index contributed by atoms with van der Waals surface area (Å²) >= 11 is 5.95. The van der Waals surface area contributed by atoms with Crippen LogP contribution < -0.4 is 10.2 Å². The van der Waals surface area contributed by atoms with Crippen LogP contribution in [-0.4, -0.2) is 49.7 Å². The summed E-state index contributed by atoms with van der Waals surface area (Å²) < 4.78 is 16.4. The Balaban J connectivity index is 1.61. The molecule has 12 heteroatoms. The number of aryl methyl sites for hydroxylation is 2. The average molecular weight is 445 g/mol. The standard InChI is InChI=1S/C19H18ClFN8O2/c1-10-3-16-14(5-15(10)29(30)31)25-19(27(16)2)28-8-12(21)4-13(9-28)24-18-23-7-11(6-22)17(20)26-18/h3,5,7,12-13H,4,8-9H2,1-2H3,(H,23,24,26)/t12?,13-/m1/s1. The molecule has 1 aliphatic rings. The van der Waals surface area contributed by atoms with Crippen molar-refractivity contribution < 1.29 is 9.31 Å². The minimum atomic E-state index is -1.13. The van der Waals surface area contributed by atoms with Crippen LogP contribution in [0.25, 0.3) is 11.0 Å². The van der Waals surface area contributed by atoms with E-state index in [-0.39, 0.29) is 41.4 Å². The number of aromatic nitrogens is 4. The third-order valence-corrected chi connectivity index (χ3v) is 5.54. The van der Waals surface area contributed by atoms with Gasteiger partial charge < -0.3 is 14.8 Å². The lowest BCUT2D eigenvalue weighted by Crippen LogP contribution is -2.48. The highest BCUT2D eigenvalue weighted by atomic mass is 35.5. The third-order valence-electron chi connectivity index (χ3n) is 5.25. The number of anilines is 2. The molecule has 0 radical (unpaired) electrons. The van der Waals surface area contributed by atoms with Gasteiger partial charge in [-0.2, -0.15) is 10.2 Å². The van der Waals surface area contributed by atoms with Gasteiger partial charge in [-0.25, -0.2) is 14.4 Å². The topological polar surface area (TPSA) is 126 Å². The molecule has 4 rings (SSSR count). The molecule has 31 heavy (non-hydrogen) atoms. The van der Waals surface area contributed by atoms with Gasteiger partial charge in [-0.3, -0.25) is 10.1 Å². The zero-order chi connectivity index (χ0) is 22.3. The van der Waals surface area contributed by atoms with E-state index >= 15 is 0 Å². The maximum absolute atomic E-state index is 14.6. The number of nitro benzene ring substituents is 1. The van der Waals surface area contributed by atoms with Gasteiger partial charge in [-0.1, -0.05) is 11.6 Å². The predicted molar refractivity (Wildman–Crippen MR) is 113 cm³/mol. The first-order chi connectivity index (χ1) is 14.8. The molecule has 1 aliphatic heterocycles. The normalized spacial score (nSPS) is 18.7. The fourth-order valence-corrected chi connectivity index (χ4v) is 3.96. The van der Waals surface area contributed by atoms with E-state index in [2.05, 4.69) is 20.3 Å². The van der Waals surface area contributed by atoms with E-state index in [1.807, 2.05) is 6.07 Å². The number of hydrogen-bond acceptors (Lipinski definition) is 8. The van der Waals surface area contributed by atoms with Gasteiger partial charge >= 0.3 is 0 Å². The second-order valence-electron chi connectivity index (χ2n) is 7.44. The lowest BCUT2D eigenvalue weighted by atomic mass is 10.0. The molecule has 0 spiro atoms. The van der Waals surface area contributed by atoms with Crippen LogP contribution in [0.15, 0.2) is 18.3 Å². The molecule has 3 heterocycles. The molecule has 3 aromatic rings. The number of piperidine rings is 1. The van der Waals surface area contributed by atoms with Gasteiger partial charge in [0.1, 0.15) is 17.8 Å². The SMILES string of the molecule is Cc1cc2c(cc1[N+](=O)[O-])nc(N1CC(F)C[C@@H](Nc3ncc(C#N)c(Cl)n3)C1)n2C. The number of benzene rings is 1. The van der Waals surface area contributed by atoms with Gasteiger partial charge in [0.2, 0.25) is 11.9 Å². The van der Waals surface area contributed by atoms with E-state index < -0.39 is 11.1 Å². The Morgan fingerprint density at radius 2 is 2.16 bits per heavy atom. The van der Waals surface area contributed by atoms with Crippen molar-refractivity contribution in [3.05, 3.63) is 44.7 Å². The summed E-state index contributed by atoms with van der Waals surface area (Å²) in [4.78, 5) is 25.2. The molecule has 2 aromatic heterocycles. The van der Waals surface area contributed by atoms with Crippen LogP contribution in [0, 0.1) is 28.4 Å². The molecular weight excluding hydrogens is 427 g/mol. The Bertz CT molecular complexity index is 1220. The zero-order valence-electron chi connectivity index (χ0n) is 16.7. The molecule has 2 atom stereocenters. The first kappa shape index (κ1) is 20.7. The Morgan fingerprint density at radius 1 is 1.39 bits per heavy atom. The number of nitrogens with one attached hydrogen (secondary N) is 1. The first-order valence-electron chi connectivity index (χ1n) is 9.46. The second-order valence-corrected chi connectivity index (χ2v) is 7.80. The second kappa shape index (κ2) is 7.96. The molecule has 1 unspecified atom stereocenters. The van der Waals surface area contributed by atoms with Gasteiger partial charge in [0, 0.05) is 37.7 Å². The number of imidazole rings is 1. The van der Waals surface area contributed by atoms with Crippen molar-refractivity contribution in [2.24, 2.45) is 7.05 Å². The van der Waals surface area contributed by atoms with E-state index in [0.717, 1.165) is 5.52 Å². The molecule has 1 saturated heterocycles. The lowest BCUT2D eigenvalue weighted by molar-refractivity contribution is -0.385. The van der Waals surface area contributed by atoms with Gasteiger partial charge in [-0.05, 0) is 13.0 Å². The van der Waals surface area contributed by atoms with Gasteiger partial charge in [0.05, 0.1) is 28.7 Å². The maximum Gasteiger partial charge on any atom is 0.274 e. The number of nitriles is 1. The van der Waals surface area contributed by atoms with E-state index in [1.165, 1.54) is 12.3 Å². The number of halogens is 2. The van der Waals surface area contributed by atoms with Crippen LogP contribution in [-0.2, 0) is 7.05 Å². The van der Waals surface area contributed by atoms with Crippen LogP contribution >= 0.6 is 11.6 Å². The quantitative estimate of drug-likeness (QED) is 0.369. The van der Waals surface area contributed by atoms with Crippen molar-refractivity contribution in [2.45, 2.75) is 25.6 Å². The van der Waals surface area contributed by atoms with Crippen molar-refractivity contribution >= 4 is 40.2 Å². The van der Waals surface area contributed by atoms with Crippen molar-refractivity contribution in [3.8, 4) is 6.07 Å². The molecule has 10 nitrogen and oxygen atoms in total.